The highest BCUT2D eigenvalue weighted by Gasteiger charge is 2.24. The van der Waals surface area contributed by atoms with Crippen LogP contribution in [0, 0.1) is 5.92 Å². The number of fused-ring (bicyclic) bond motifs is 6. The summed E-state index contributed by atoms with van der Waals surface area (Å²) >= 11 is 0. The van der Waals surface area contributed by atoms with Crippen molar-refractivity contribution in [3.63, 3.8) is 0 Å². The molecule has 6 aromatic carbocycles. The number of benzene rings is 6. The third-order valence-electron chi connectivity index (χ3n) is 11.2. The van der Waals surface area contributed by atoms with Crippen LogP contribution in [0.15, 0.2) is 151 Å². The molecule has 1 heteroatoms. The predicted molar refractivity (Wildman–Crippen MR) is 261 cm³/mol. The molecule has 0 bridgehead atoms. The van der Waals surface area contributed by atoms with Gasteiger partial charge in [0.25, 0.3) is 0 Å². The largest absolute Gasteiger partial charge is 0.338 e. The van der Waals surface area contributed by atoms with E-state index in [-0.39, 0.29) is 29.7 Å². The fourth-order valence-corrected chi connectivity index (χ4v) is 8.74. The molecule has 1 nitrogen and oxygen atoms in total. The second-order valence-electron chi connectivity index (χ2n) is 15.7. The lowest BCUT2D eigenvalue weighted by Crippen LogP contribution is -2.26. The second kappa shape index (κ2) is 21.4. The van der Waals surface area contributed by atoms with Crippen LogP contribution in [0.3, 0.4) is 0 Å². The van der Waals surface area contributed by atoms with Gasteiger partial charge in [-0.1, -0.05) is 195 Å². The van der Waals surface area contributed by atoms with E-state index in [1.807, 2.05) is 0 Å². The van der Waals surface area contributed by atoms with Crippen LogP contribution in [-0.4, -0.2) is 6.04 Å². The standard InChI is InChI=1S/2C18H18.C17H19N.4CH4/c3*1-13(2)18-16-9-5-3-7-14(16)11-12-15-8-4-6-10-17(15)18;;;;/h3-10H,11-12H2,1-2H3;3-13,18H,1-2H3;3-10,13H,11-12H2,1-2H3;4*1H4. The molecule has 1 aliphatic heterocycles. The van der Waals surface area contributed by atoms with E-state index in [1.165, 1.54) is 78.2 Å². The number of anilines is 2. The maximum absolute atomic E-state index is 2.47. The molecule has 0 aromatic heterocycles. The molecule has 0 saturated carbocycles. The first kappa shape index (κ1) is 47.0. The van der Waals surface area contributed by atoms with Gasteiger partial charge in [0, 0.05) is 23.3 Å². The zero-order valence-corrected chi connectivity index (χ0v) is 33.0. The molecule has 0 atom stereocenters. The molecule has 0 unspecified atom stereocenters. The Kier molecular flexibility index (Phi) is 17.3. The molecule has 0 spiro atoms. The first-order valence-corrected chi connectivity index (χ1v) is 20.0. The Morgan fingerprint density at radius 2 is 0.793 bits per heavy atom. The van der Waals surface area contributed by atoms with E-state index >= 15 is 0 Å². The molecular weight excluding hydrogens is 699 g/mol. The predicted octanol–water partition coefficient (Wildman–Crippen LogP) is 16.5. The van der Waals surface area contributed by atoms with Crippen molar-refractivity contribution in [3.05, 3.63) is 207 Å². The molecule has 0 saturated heterocycles. The molecule has 0 fully saturated rings. The fourth-order valence-electron chi connectivity index (χ4n) is 8.74. The summed E-state index contributed by atoms with van der Waals surface area (Å²) in [5, 5.41) is 0. The van der Waals surface area contributed by atoms with E-state index in [0.29, 0.717) is 17.9 Å². The van der Waals surface area contributed by atoms with Crippen LogP contribution < -0.4 is 4.90 Å². The molecule has 58 heavy (non-hydrogen) atoms. The van der Waals surface area contributed by atoms with Gasteiger partial charge in [0.2, 0.25) is 0 Å². The maximum Gasteiger partial charge on any atom is 0.0445 e. The number of hydrogen-bond donors (Lipinski definition) is 0. The normalized spacial score (nSPS) is 13.0. The average Bonchev–Trinajstić information content (AvgIpc) is 3.56. The second-order valence-corrected chi connectivity index (χ2v) is 15.7. The van der Waals surface area contributed by atoms with E-state index in [1.54, 1.807) is 0 Å². The minimum absolute atomic E-state index is 0. The zero-order chi connectivity index (χ0) is 37.6. The van der Waals surface area contributed by atoms with E-state index < -0.39 is 0 Å². The number of allylic oxidation sites excluding steroid dienone is 1. The summed E-state index contributed by atoms with van der Waals surface area (Å²) < 4.78 is 0. The topological polar surface area (TPSA) is 3.24 Å². The summed E-state index contributed by atoms with van der Waals surface area (Å²) in [7, 11) is 0. The van der Waals surface area contributed by atoms with Crippen LogP contribution in [0.25, 0.3) is 17.7 Å². The van der Waals surface area contributed by atoms with Crippen molar-refractivity contribution in [3.8, 4) is 0 Å². The molecule has 1 heterocycles. The number of nitrogens with zero attached hydrogens (tertiary/aromatic N) is 1. The van der Waals surface area contributed by atoms with Crippen LogP contribution in [0.4, 0.5) is 11.4 Å². The number of hydrogen-bond acceptors (Lipinski definition) is 1. The van der Waals surface area contributed by atoms with Gasteiger partial charge in [0.1, 0.15) is 0 Å². The Balaban J connectivity index is 0.000000225. The molecule has 0 radical (unpaired) electrons. The highest BCUT2D eigenvalue weighted by Crippen LogP contribution is 2.40. The number of rotatable bonds is 2. The lowest BCUT2D eigenvalue weighted by molar-refractivity contribution is 0.563. The Bertz CT molecular complexity index is 2120. The van der Waals surface area contributed by atoms with Crippen molar-refractivity contribution in [1.82, 2.24) is 0 Å². The Hall–Kier alpha value is -5.40. The summed E-state index contributed by atoms with van der Waals surface area (Å²) in [4.78, 5) is 2.47. The Morgan fingerprint density at radius 1 is 0.448 bits per heavy atom. The van der Waals surface area contributed by atoms with Gasteiger partial charge in [-0.3, -0.25) is 0 Å². The van der Waals surface area contributed by atoms with Crippen molar-refractivity contribution in [2.45, 2.75) is 109 Å². The molecule has 2 aliphatic carbocycles. The van der Waals surface area contributed by atoms with E-state index in [2.05, 4.69) is 204 Å². The molecule has 9 rings (SSSR count). The van der Waals surface area contributed by atoms with Gasteiger partial charge in [0.15, 0.2) is 0 Å². The molecule has 3 aliphatic rings. The van der Waals surface area contributed by atoms with Crippen molar-refractivity contribution in [2.24, 2.45) is 5.92 Å². The lowest BCUT2D eigenvalue weighted by atomic mass is 9.80. The Labute approximate surface area is 354 Å². The van der Waals surface area contributed by atoms with E-state index in [9.17, 15) is 0 Å². The van der Waals surface area contributed by atoms with Gasteiger partial charge >= 0.3 is 0 Å². The van der Waals surface area contributed by atoms with Crippen LogP contribution >= 0.6 is 0 Å². The van der Waals surface area contributed by atoms with Crippen molar-refractivity contribution in [2.75, 3.05) is 4.90 Å². The quantitative estimate of drug-likeness (QED) is 0.170. The van der Waals surface area contributed by atoms with Gasteiger partial charge < -0.3 is 4.90 Å². The fraction of sp³-hybridized carbons (Fsp3) is 0.298. The minimum atomic E-state index is 0. The highest BCUT2D eigenvalue weighted by molar-refractivity contribution is 5.85. The summed E-state index contributed by atoms with van der Waals surface area (Å²) in [5.74, 6) is 1.10. The van der Waals surface area contributed by atoms with Crippen LogP contribution in [-0.2, 0) is 25.7 Å². The molecule has 0 N–H and O–H groups in total. The maximum atomic E-state index is 2.47. The van der Waals surface area contributed by atoms with Crippen molar-refractivity contribution < 1.29 is 0 Å². The van der Waals surface area contributed by atoms with Gasteiger partial charge in [0.05, 0.1) is 0 Å². The van der Waals surface area contributed by atoms with E-state index in [0.717, 1.165) is 25.7 Å². The average molecular weight is 770 g/mol. The van der Waals surface area contributed by atoms with Crippen molar-refractivity contribution >= 4 is 29.1 Å². The molecular formula is C57H71N. The Morgan fingerprint density at radius 3 is 1.19 bits per heavy atom. The minimum Gasteiger partial charge on any atom is -0.338 e. The smallest absolute Gasteiger partial charge is 0.0445 e. The highest BCUT2D eigenvalue weighted by atomic mass is 15.2. The zero-order valence-electron chi connectivity index (χ0n) is 33.0. The summed E-state index contributed by atoms with van der Waals surface area (Å²) in [6.07, 6.45) is 9.05. The SMILES string of the molecule is C.C.C.C.CC(C)=C1c2ccccc2CCc2ccccc21.CC(C)C1c2ccccc2C=Cc2ccccc21.CC(C)N1c2ccccc2CCc2ccccc21. The van der Waals surface area contributed by atoms with Crippen molar-refractivity contribution in [1.29, 1.82) is 0 Å². The van der Waals surface area contributed by atoms with Gasteiger partial charge in [-0.05, 0) is 133 Å². The molecule has 0 amide bonds. The van der Waals surface area contributed by atoms with Gasteiger partial charge in [-0.2, -0.15) is 0 Å². The summed E-state index contributed by atoms with van der Waals surface area (Å²) in [6.45, 7) is 13.6. The first-order chi connectivity index (χ1) is 26.3. The lowest BCUT2D eigenvalue weighted by Gasteiger charge is -2.30. The summed E-state index contributed by atoms with van der Waals surface area (Å²) in [6, 6.07) is 53.2. The molecule has 304 valence electrons. The third kappa shape index (κ3) is 10.00. The first-order valence-electron chi connectivity index (χ1n) is 20.0. The van der Waals surface area contributed by atoms with Crippen LogP contribution in [0.2, 0.25) is 0 Å². The van der Waals surface area contributed by atoms with Crippen LogP contribution in [0.5, 0.6) is 0 Å². The van der Waals surface area contributed by atoms with Gasteiger partial charge in [-0.15, -0.1) is 0 Å². The van der Waals surface area contributed by atoms with E-state index in [4.69, 9.17) is 0 Å². The third-order valence-corrected chi connectivity index (χ3v) is 11.2. The number of aryl methyl sites for hydroxylation is 4. The van der Waals surface area contributed by atoms with Gasteiger partial charge in [-0.25, -0.2) is 0 Å². The number of para-hydroxylation sites is 2. The molecule has 6 aromatic rings. The monoisotopic (exact) mass is 770 g/mol. The summed E-state index contributed by atoms with van der Waals surface area (Å²) in [5.41, 5.74) is 19.9. The van der Waals surface area contributed by atoms with Crippen LogP contribution in [0.1, 0.15) is 133 Å².